The molecule has 2 nitrogen and oxygen atoms in total. The van der Waals surface area contributed by atoms with E-state index in [9.17, 15) is 9.90 Å². The van der Waals surface area contributed by atoms with E-state index in [-0.39, 0.29) is 0 Å². The van der Waals surface area contributed by atoms with Gasteiger partial charge in [0.2, 0.25) is 0 Å². The molecule has 7 unspecified atom stereocenters. The lowest BCUT2D eigenvalue weighted by Crippen LogP contribution is -2.24. The lowest BCUT2D eigenvalue weighted by atomic mass is 9.72. The van der Waals surface area contributed by atoms with Crippen LogP contribution in [0.2, 0.25) is 0 Å². The maximum atomic E-state index is 11.3. The highest BCUT2D eigenvalue weighted by Crippen LogP contribution is 2.55. The first-order chi connectivity index (χ1) is 10.6. The summed E-state index contributed by atoms with van der Waals surface area (Å²) in [6, 6.07) is 0. The highest BCUT2D eigenvalue weighted by atomic mass is 16.4. The Morgan fingerprint density at radius 1 is 1.05 bits per heavy atom. The van der Waals surface area contributed by atoms with Gasteiger partial charge in [0.15, 0.2) is 0 Å². The van der Waals surface area contributed by atoms with Crippen molar-refractivity contribution in [1.29, 1.82) is 0 Å². The van der Waals surface area contributed by atoms with E-state index in [1.54, 1.807) is 6.92 Å². The Morgan fingerprint density at radius 2 is 1.73 bits per heavy atom. The second kappa shape index (κ2) is 5.69. The Hall–Kier alpha value is -0.790. The fourth-order valence-electron chi connectivity index (χ4n) is 6.59. The summed E-state index contributed by atoms with van der Waals surface area (Å²) in [4.78, 5) is 11.3. The Bertz CT molecular complexity index is 480. The molecule has 4 aliphatic carbocycles. The van der Waals surface area contributed by atoms with Crippen LogP contribution in [0.1, 0.15) is 64.7 Å². The number of fused-ring (bicyclic) bond motifs is 4. The molecule has 0 aromatic rings. The second-order valence-corrected chi connectivity index (χ2v) is 8.83. The minimum Gasteiger partial charge on any atom is -0.478 e. The highest BCUT2D eigenvalue weighted by Gasteiger charge is 2.45. The van der Waals surface area contributed by atoms with Crippen molar-refractivity contribution >= 4 is 5.97 Å². The van der Waals surface area contributed by atoms with Crippen LogP contribution < -0.4 is 0 Å². The first-order valence-electron chi connectivity index (χ1n) is 9.52. The van der Waals surface area contributed by atoms with E-state index in [4.69, 9.17) is 0 Å². The summed E-state index contributed by atoms with van der Waals surface area (Å²) in [5.74, 6) is 5.30. The SMILES string of the molecule is CC(=CC(CC1CC2CCC1C2)C1CC2CCC1C2)C(=O)O. The van der Waals surface area contributed by atoms with Gasteiger partial charge in [0, 0.05) is 5.57 Å². The van der Waals surface area contributed by atoms with Crippen LogP contribution in [0.3, 0.4) is 0 Å². The number of carbonyl (C=O) groups is 1. The van der Waals surface area contributed by atoms with Crippen molar-refractivity contribution in [3.8, 4) is 0 Å². The van der Waals surface area contributed by atoms with Crippen molar-refractivity contribution in [2.45, 2.75) is 64.7 Å². The lowest BCUT2D eigenvalue weighted by molar-refractivity contribution is -0.132. The predicted molar refractivity (Wildman–Crippen MR) is 87.4 cm³/mol. The number of carboxylic acid groups (broad SMARTS) is 1. The normalized spacial score (nSPS) is 44.7. The van der Waals surface area contributed by atoms with Gasteiger partial charge < -0.3 is 5.11 Å². The highest BCUT2D eigenvalue weighted by molar-refractivity contribution is 5.85. The average molecular weight is 302 g/mol. The van der Waals surface area contributed by atoms with Crippen molar-refractivity contribution in [3.05, 3.63) is 11.6 Å². The maximum Gasteiger partial charge on any atom is 0.330 e. The van der Waals surface area contributed by atoms with Crippen LogP contribution in [0.25, 0.3) is 0 Å². The van der Waals surface area contributed by atoms with E-state index < -0.39 is 5.97 Å². The van der Waals surface area contributed by atoms with Gasteiger partial charge in [-0.3, -0.25) is 0 Å². The zero-order valence-corrected chi connectivity index (χ0v) is 13.8. The molecule has 0 aromatic carbocycles. The number of allylic oxidation sites excluding steroid dienone is 1. The second-order valence-electron chi connectivity index (χ2n) is 8.83. The summed E-state index contributed by atoms with van der Waals surface area (Å²) >= 11 is 0. The number of aliphatic carboxylic acids is 1. The molecule has 4 bridgehead atoms. The van der Waals surface area contributed by atoms with E-state index >= 15 is 0 Å². The molecular weight excluding hydrogens is 272 g/mol. The van der Waals surface area contributed by atoms with Gasteiger partial charge in [-0.1, -0.05) is 18.9 Å². The summed E-state index contributed by atoms with van der Waals surface area (Å²) in [5, 5.41) is 9.30. The van der Waals surface area contributed by atoms with Gasteiger partial charge in [0.1, 0.15) is 0 Å². The fourth-order valence-corrected chi connectivity index (χ4v) is 6.59. The Balaban J connectivity index is 1.50. The van der Waals surface area contributed by atoms with Gasteiger partial charge in [-0.25, -0.2) is 4.79 Å². The summed E-state index contributed by atoms with van der Waals surface area (Å²) < 4.78 is 0. The molecule has 4 fully saturated rings. The summed E-state index contributed by atoms with van der Waals surface area (Å²) in [7, 11) is 0. The van der Waals surface area contributed by atoms with Crippen LogP contribution in [0.5, 0.6) is 0 Å². The van der Waals surface area contributed by atoms with Crippen molar-refractivity contribution in [1.82, 2.24) is 0 Å². The molecule has 0 saturated heterocycles. The van der Waals surface area contributed by atoms with E-state index in [1.165, 1.54) is 57.8 Å². The van der Waals surface area contributed by atoms with Crippen molar-refractivity contribution in [2.24, 2.45) is 41.4 Å². The molecule has 4 saturated carbocycles. The Labute approximate surface area is 134 Å². The largest absolute Gasteiger partial charge is 0.478 e. The molecule has 0 amide bonds. The molecule has 0 radical (unpaired) electrons. The topological polar surface area (TPSA) is 37.3 Å². The van der Waals surface area contributed by atoms with Gasteiger partial charge in [0.25, 0.3) is 0 Å². The average Bonchev–Trinajstić information content (AvgIpc) is 3.26. The number of rotatable bonds is 5. The quantitative estimate of drug-likeness (QED) is 0.734. The van der Waals surface area contributed by atoms with E-state index in [0.717, 1.165) is 35.5 Å². The first kappa shape index (κ1) is 14.8. The van der Waals surface area contributed by atoms with Crippen LogP contribution >= 0.6 is 0 Å². The lowest BCUT2D eigenvalue weighted by Gasteiger charge is -2.33. The van der Waals surface area contributed by atoms with Crippen LogP contribution in [-0.4, -0.2) is 11.1 Å². The van der Waals surface area contributed by atoms with Gasteiger partial charge in [0.05, 0.1) is 0 Å². The van der Waals surface area contributed by atoms with Crippen LogP contribution in [0.4, 0.5) is 0 Å². The fraction of sp³-hybridized carbons (Fsp3) is 0.850. The molecule has 1 N–H and O–H groups in total. The molecule has 122 valence electrons. The Kier molecular flexibility index (Phi) is 3.82. The standard InChI is InChI=1S/C20H30O2/c1-12(20(21)22)6-18(19-10-14-3-5-16(19)8-14)11-17-9-13-2-4-15(17)7-13/h6,13-19H,2-5,7-11H2,1H3,(H,21,22). The minimum absolute atomic E-state index is 0.538. The summed E-state index contributed by atoms with van der Waals surface area (Å²) in [6.07, 6.45) is 14.9. The maximum absolute atomic E-state index is 11.3. The van der Waals surface area contributed by atoms with Gasteiger partial charge in [-0.2, -0.15) is 0 Å². The van der Waals surface area contributed by atoms with Crippen LogP contribution in [-0.2, 0) is 4.79 Å². The summed E-state index contributed by atoms with van der Waals surface area (Å²) in [5.41, 5.74) is 0.580. The van der Waals surface area contributed by atoms with Crippen LogP contribution in [0.15, 0.2) is 11.6 Å². The molecule has 2 heteroatoms. The third kappa shape index (κ3) is 2.63. The molecule has 22 heavy (non-hydrogen) atoms. The molecule has 0 heterocycles. The number of hydrogen-bond donors (Lipinski definition) is 1. The first-order valence-corrected chi connectivity index (χ1v) is 9.52. The smallest absolute Gasteiger partial charge is 0.330 e. The van der Waals surface area contributed by atoms with Crippen molar-refractivity contribution in [3.63, 3.8) is 0 Å². The minimum atomic E-state index is -0.721. The predicted octanol–water partition coefficient (Wildman–Crippen LogP) is 4.90. The molecule has 0 aromatic heterocycles. The molecule has 7 atom stereocenters. The summed E-state index contributed by atoms with van der Waals surface area (Å²) in [6.45, 7) is 1.79. The Morgan fingerprint density at radius 3 is 2.23 bits per heavy atom. The van der Waals surface area contributed by atoms with Crippen molar-refractivity contribution in [2.75, 3.05) is 0 Å². The molecule has 0 spiro atoms. The zero-order chi connectivity index (χ0) is 15.3. The van der Waals surface area contributed by atoms with E-state index in [2.05, 4.69) is 6.08 Å². The van der Waals surface area contributed by atoms with Gasteiger partial charge in [-0.05, 0) is 93.3 Å². The molecular formula is C20H30O2. The third-order valence-corrected chi connectivity index (χ3v) is 7.60. The zero-order valence-electron chi connectivity index (χ0n) is 13.8. The van der Waals surface area contributed by atoms with Crippen molar-refractivity contribution < 1.29 is 9.90 Å². The van der Waals surface area contributed by atoms with E-state index in [0.29, 0.717) is 11.5 Å². The third-order valence-electron chi connectivity index (χ3n) is 7.60. The molecule has 4 rings (SSSR count). The number of hydrogen-bond acceptors (Lipinski definition) is 1. The molecule has 4 aliphatic rings. The number of carboxylic acids is 1. The monoisotopic (exact) mass is 302 g/mol. The van der Waals surface area contributed by atoms with Crippen LogP contribution in [0, 0.1) is 41.4 Å². The van der Waals surface area contributed by atoms with E-state index in [1.807, 2.05) is 0 Å². The van der Waals surface area contributed by atoms with Gasteiger partial charge in [-0.15, -0.1) is 0 Å². The van der Waals surface area contributed by atoms with Gasteiger partial charge >= 0.3 is 5.97 Å². The molecule has 0 aliphatic heterocycles.